The standard InChI is InChI=1S/C17H21N3O2S/c1-12-19-20-17(22-12)23-11-16(21)18-15-10-6-5-9-14(15)13-7-3-2-4-8-13/h2-4,7-8,14-15H,5-6,9-11H2,1H3,(H,18,21). The van der Waals surface area contributed by atoms with Crippen molar-refractivity contribution < 1.29 is 9.21 Å². The fourth-order valence-corrected chi connectivity index (χ4v) is 3.73. The average molecular weight is 331 g/mol. The highest BCUT2D eigenvalue weighted by molar-refractivity contribution is 7.99. The molecule has 0 spiro atoms. The Morgan fingerprint density at radius 1 is 1.26 bits per heavy atom. The van der Waals surface area contributed by atoms with Gasteiger partial charge < -0.3 is 9.73 Å². The lowest BCUT2D eigenvalue weighted by molar-refractivity contribution is -0.119. The number of hydrogen-bond acceptors (Lipinski definition) is 5. The Bertz CT molecular complexity index is 644. The van der Waals surface area contributed by atoms with Gasteiger partial charge in [0.1, 0.15) is 0 Å². The predicted octanol–water partition coefficient (Wildman–Crippen LogP) is 3.31. The van der Waals surface area contributed by atoms with E-state index in [2.05, 4.69) is 39.8 Å². The van der Waals surface area contributed by atoms with Gasteiger partial charge in [0.15, 0.2) is 0 Å². The molecule has 6 heteroatoms. The molecule has 2 aromatic rings. The number of thioether (sulfide) groups is 1. The Morgan fingerprint density at radius 3 is 2.78 bits per heavy atom. The fourth-order valence-electron chi connectivity index (χ4n) is 3.12. The van der Waals surface area contributed by atoms with E-state index in [-0.39, 0.29) is 11.9 Å². The number of hydrogen-bond donors (Lipinski definition) is 1. The molecular formula is C17H21N3O2S. The van der Waals surface area contributed by atoms with Crippen LogP contribution in [0.15, 0.2) is 40.0 Å². The number of aromatic nitrogens is 2. The molecule has 0 aliphatic heterocycles. The zero-order chi connectivity index (χ0) is 16.1. The van der Waals surface area contributed by atoms with Crippen LogP contribution in [0.25, 0.3) is 0 Å². The van der Waals surface area contributed by atoms with Gasteiger partial charge in [-0.15, -0.1) is 10.2 Å². The summed E-state index contributed by atoms with van der Waals surface area (Å²) >= 11 is 1.28. The van der Waals surface area contributed by atoms with Crippen LogP contribution in [0.3, 0.4) is 0 Å². The summed E-state index contributed by atoms with van der Waals surface area (Å²) in [5, 5.41) is 11.3. The molecule has 1 aliphatic rings. The van der Waals surface area contributed by atoms with E-state index in [1.807, 2.05) is 6.07 Å². The molecular weight excluding hydrogens is 310 g/mol. The van der Waals surface area contributed by atoms with Crippen LogP contribution in [-0.2, 0) is 4.79 Å². The van der Waals surface area contributed by atoms with Crippen molar-refractivity contribution in [2.75, 3.05) is 5.75 Å². The van der Waals surface area contributed by atoms with E-state index in [9.17, 15) is 4.79 Å². The molecule has 1 fully saturated rings. The van der Waals surface area contributed by atoms with E-state index in [4.69, 9.17) is 4.42 Å². The number of rotatable bonds is 5. The summed E-state index contributed by atoms with van der Waals surface area (Å²) in [5.41, 5.74) is 1.32. The molecule has 1 heterocycles. The van der Waals surface area contributed by atoms with Crippen molar-refractivity contribution in [2.45, 2.75) is 49.8 Å². The topological polar surface area (TPSA) is 68.0 Å². The van der Waals surface area contributed by atoms with E-state index in [1.165, 1.54) is 30.2 Å². The summed E-state index contributed by atoms with van der Waals surface area (Å²) < 4.78 is 5.28. The van der Waals surface area contributed by atoms with Crippen molar-refractivity contribution in [3.8, 4) is 0 Å². The van der Waals surface area contributed by atoms with Gasteiger partial charge in [0.2, 0.25) is 11.8 Å². The molecule has 122 valence electrons. The Balaban J connectivity index is 1.57. The van der Waals surface area contributed by atoms with E-state index in [0.717, 1.165) is 12.8 Å². The van der Waals surface area contributed by atoms with Crippen LogP contribution in [0.1, 0.15) is 43.1 Å². The minimum atomic E-state index is 0.0266. The van der Waals surface area contributed by atoms with Gasteiger partial charge in [0.25, 0.3) is 5.22 Å². The number of carbonyl (C=O) groups is 1. The first kappa shape index (κ1) is 16.1. The molecule has 1 amide bonds. The van der Waals surface area contributed by atoms with Gasteiger partial charge in [-0.25, -0.2) is 0 Å². The predicted molar refractivity (Wildman–Crippen MR) is 89.3 cm³/mol. The average Bonchev–Trinajstić information content (AvgIpc) is 3.00. The van der Waals surface area contributed by atoms with Gasteiger partial charge in [-0.2, -0.15) is 0 Å². The van der Waals surface area contributed by atoms with Crippen LogP contribution in [0, 0.1) is 6.92 Å². The minimum Gasteiger partial charge on any atom is -0.416 e. The first-order valence-corrected chi connectivity index (χ1v) is 8.98. The zero-order valence-corrected chi connectivity index (χ0v) is 14.0. The molecule has 5 nitrogen and oxygen atoms in total. The number of nitrogens with one attached hydrogen (secondary N) is 1. The molecule has 1 N–H and O–H groups in total. The maximum atomic E-state index is 12.2. The lowest BCUT2D eigenvalue weighted by Crippen LogP contribution is -2.41. The van der Waals surface area contributed by atoms with Crippen LogP contribution in [0.2, 0.25) is 0 Å². The van der Waals surface area contributed by atoms with Crippen molar-refractivity contribution in [1.82, 2.24) is 15.5 Å². The smallest absolute Gasteiger partial charge is 0.277 e. The molecule has 0 radical (unpaired) electrons. The summed E-state index contributed by atoms with van der Waals surface area (Å²) in [6, 6.07) is 10.7. The van der Waals surface area contributed by atoms with Crippen molar-refractivity contribution in [1.29, 1.82) is 0 Å². The second kappa shape index (κ2) is 7.64. The first-order chi connectivity index (χ1) is 11.2. The monoisotopic (exact) mass is 331 g/mol. The summed E-state index contributed by atoms with van der Waals surface area (Å²) in [6.45, 7) is 1.74. The Kier molecular flexibility index (Phi) is 5.33. The van der Waals surface area contributed by atoms with E-state index in [1.54, 1.807) is 6.92 Å². The summed E-state index contributed by atoms with van der Waals surface area (Å²) in [5.74, 6) is 1.26. The SMILES string of the molecule is Cc1nnc(SCC(=O)NC2CCCCC2c2ccccc2)o1. The number of carbonyl (C=O) groups excluding carboxylic acids is 1. The number of benzene rings is 1. The molecule has 23 heavy (non-hydrogen) atoms. The Morgan fingerprint density at radius 2 is 2.04 bits per heavy atom. The number of aryl methyl sites for hydroxylation is 1. The van der Waals surface area contributed by atoms with Crippen LogP contribution in [-0.4, -0.2) is 27.9 Å². The molecule has 1 aromatic heterocycles. The first-order valence-electron chi connectivity index (χ1n) is 7.99. The third-order valence-electron chi connectivity index (χ3n) is 4.17. The lowest BCUT2D eigenvalue weighted by atomic mass is 9.80. The van der Waals surface area contributed by atoms with Crippen LogP contribution in [0.4, 0.5) is 0 Å². The second-order valence-corrected chi connectivity index (χ2v) is 6.78. The highest BCUT2D eigenvalue weighted by Gasteiger charge is 2.27. The van der Waals surface area contributed by atoms with E-state index < -0.39 is 0 Å². The third-order valence-corrected chi connectivity index (χ3v) is 4.99. The highest BCUT2D eigenvalue weighted by Crippen LogP contribution is 2.33. The molecule has 0 saturated heterocycles. The van der Waals surface area contributed by atoms with Crippen LogP contribution in [0.5, 0.6) is 0 Å². The van der Waals surface area contributed by atoms with Crippen molar-refractivity contribution >= 4 is 17.7 Å². The van der Waals surface area contributed by atoms with Gasteiger partial charge in [-0.05, 0) is 18.4 Å². The zero-order valence-electron chi connectivity index (χ0n) is 13.2. The lowest BCUT2D eigenvalue weighted by Gasteiger charge is -2.32. The molecule has 3 rings (SSSR count). The van der Waals surface area contributed by atoms with Gasteiger partial charge >= 0.3 is 0 Å². The molecule has 0 bridgehead atoms. The van der Waals surface area contributed by atoms with Gasteiger partial charge in [-0.3, -0.25) is 4.79 Å². The van der Waals surface area contributed by atoms with Crippen LogP contribution >= 0.6 is 11.8 Å². The summed E-state index contributed by atoms with van der Waals surface area (Å²) in [6.07, 6.45) is 4.56. The molecule has 1 aromatic carbocycles. The largest absolute Gasteiger partial charge is 0.416 e. The number of amides is 1. The second-order valence-electron chi connectivity index (χ2n) is 5.85. The molecule has 2 atom stereocenters. The van der Waals surface area contributed by atoms with Crippen LogP contribution < -0.4 is 5.32 Å². The highest BCUT2D eigenvalue weighted by atomic mass is 32.2. The van der Waals surface area contributed by atoms with Gasteiger partial charge in [0, 0.05) is 18.9 Å². The van der Waals surface area contributed by atoms with E-state index in [0.29, 0.717) is 22.8 Å². The van der Waals surface area contributed by atoms with Crippen molar-refractivity contribution in [2.24, 2.45) is 0 Å². The maximum absolute atomic E-state index is 12.2. The molecule has 1 saturated carbocycles. The van der Waals surface area contributed by atoms with Crippen molar-refractivity contribution in [3.63, 3.8) is 0 Å². The molecule has 1 aliphatic carbocycles. The normalized spacial score (nSPS) is 21.1. The quantitative estimate of drug-likeness (QED) is 0.851. The maximum Gasteiger partial charge on any atom is 0.277 e. The minimum absolute atomic E-state index is 0.0266. The van der Waals surface area contributed by atoms with Crippen molar-refractivity contribution in [3.05, 3.63) is 41.8 Å². The Labute approximate surface area is 140 Å². The number of nitrogens with zero attached hydrogens (tertiary/aromatic N) is 2. The fraction of sp³-hybridized carbons (Fsp3) is 0.471. The van der Waals surface area contributed by atoms with E-state index >= 15 is 0 Å². The molecule has 2 unspecified atom stereocenters. The Hall–Kier alpha value is -1.82. The third kappa shape index (κ3) is 4.34. The van der Waals surface area contributed by atoms with Gasteiger partial charge in [0.05, 0.1) is 5.75 Å². The summed E-state index contributed by atoms with van der Waals surface area (Å²) in [7, 11) is 0. The summed E-state index contributed by atoms with van der Waals surface area (Å²) in [4.78, 5) is 12.2. The van der Waals surface area contributed by atoms with Gasteiger partial charge in [-0.1, -0.05) is 54.9 Å².